The Balaban J connectivity index is 2.51. The molecule has 14 heavy (non-hydrogen) atoms. The van der Waals surface area contributed by atoms with E-state index in [4.69, 9.17) is 9.47 Å². The van der Waals surface area contributed by atoms with E-state index in [9.17, 15) is 5.11 Å². The molecule has 1 atom stereocenters. The smallest absolute Gasteiger partial charge is 0.239 e. The van der Waals surface area contributed by atoms with Crippen molar-refractivity contribution in [2.24, 2.45) is 0 Å². The largest absolute Gasteiger partial charge is 0.483 e. The fourth-order valence-electron chi connectivity index (χ4n) is 1.52. The zero-order chi connectivity index (χ0) is 10.3. The number of rotatable bonds is 0. The van der Waals surface area contributed by atoms with Crippen LogP contribution in [0.5, 0.6) is 11.5 Å². The van der Waals surface area contributed by atoms with Crippen LogP contribution in [0.15, 0.2) is 12.1 Å². The summed E-state index contributed by atoms with van der Waals surface area (Å²) >= 11 is 0. The van der Waals surface area contributed by atoms with E-state index in [1.54, 1.807) is 6.92 Å². The van der Waals surface area contributed by atoms with Crippen molar-refractivity contribution in [2.75, 3.05) is 6.61 Å². The van der Waals surface area contributed by atoms with Crippen LogP contribution in [0.25, 0.3) is 0 Å². The van der Waals surface area contributed by atoms with Gasteiger partial charge in [-0.15, -0.1) is 0 Å². The normalized spacial score (nSPS) is 24.9. The van der Waals surface area contributed by atoms with Gasteiger partial charge in [-0.3, -0.25) is 0 Å². The van der Waals surface area contributed by atoms with Gasteiger partial charge in [0, 0.05) is 6.92 Å². The minimum Gasteiger partial charge on any atom is -0.483 e. The minimum absolute atomic E-state index is 0.171. The molecular formula is C11H14O3. The van der Waals surface area contributed by atoms with E-state index >= 15 is 0 Å². The van der Waals surface area contributed by atoms with E-state index in [1.807, 2.05) is 26.0 Å². The van der Waals surface area contributed by atoms with Crippen molar-refractivity contribution >= 4 is 0 Å². The molecule has 1 N–H and O–H groups in total. The van der Waals surface area contributed by atoms with E-state index in [1.165, 1.54) is 0 Å². The molecule has 0 amide bonds. The fourth-order valence-corrected chi connectivity index (χ4v) is 1.52. The Morgan fingerprint density at radius 1 is 1.21 bits per heavy atom. The number of ether oxygens (including phenoxy) is 2. The minimum atomic E-state index is -1.22. The summed E-state index contributed by atoms with van der Waals surface area (Å²) in [4.78, 5) is 0. The number of aliphatic hydroxyl groups is 1. The second-order valence-corrected chi connectivity index (χ2v) is 3.92. The summed E-state index contributed by atoms with van der Waals surface area (Å²) < 4.78 is 10.9. The second-order valence-electron chi connectivity index (χ2n) is 3.92. The van der Waals surface area contributed by atoms with Crippen molar-refractivity contribution < 1.29 is 14.6 Å². The molecule has 3 heteroatoms. The van der Waals surface area contributed by atoms with Crippen LogP contribution < -0.4 is 9.47 Å². The maximum absolute atomic E-state index is 9.69. The van der Waals surface area contributed by atoms with Crippen molar-refractivity contribution in [3.63, 3.8) is 0 Å². The summed E-state index contributed by atoms with van der Waals surface area (Å²) in [7, 11) is 0. The van der Waals surface area contributed by atoms with Crippen LogP contribution in [0.3, 0.4) is 0 Å². The second kappa shape index (κ2) is 2.89. The highest BCUT2D eigenvalue weighted by molar-refractivity contribution is 5.52. The molecule has 0 bridgehead atoms. The van der Waals surface area contributed by atoms with Gasteiger partial charge < -0.3 is 14.6 Å². The average molecular weight is 194 g/mol. The van der Waals surface area contributed by atoms with Gasteiger partial charge in [0.05, 0.1) is 0 Å². The van der Waals surface area contributed by atoms with Gasteiger partial charge in [-0.05, 0) is 25.0 Å². The van der Waals surface area contributed by atoms with Crippen LogP contribution >= 0.6 is 0 Å². The first-order valence-corrected chi connectivity index (χ1v) is 4.64. The summed E-state index contributed by atoms with van der Waals surface area (Å²) in [6.45, 7) is 5.66. The van der Waals surface area contributed by atoms with Crippen molar-refractivity contribution in [3.8, 4) is 11.5 Å². The maximum Gasteiger partial charge on any atom is 0.239 e. The molecule has 0 fully saturated rings. The highest BCUT2D eigenvalue weighted by atomic mass is 16.7. The first kappa shape index (κ1) is 9.34. The Morgan fingerprint density at radius 3 is 2.43 bits per heavy atom. The Kier molecular flexibility index (Phi) is 1.93. The predicted octanol–water partition coefficient (Wildman–Crippen LogP) is 1.78. The van der Waals surface area contributed by atoms with Gasteiger partial charge in [-0.25, -0.2) is 0 Å². The molecule has 0 spiro atoms. The molecule has 0 unspecified atom stereocenters. The predicted molar refractivity (Wildman–Crippen MR) is 52.7 cm³/mol. The van der Waals surface area contributed by atoms with Crippen LogP contribution in [-0.4, -0.2) is 17.5 Å². The number of aryl methyl sites for hydroxylation is 2. The monoisotopic (exact) mass is 194 g/mol. The third kappa shape index (κ3) is 1.44. The molecule has 0 aromatic heterocycles. The Morgan fingerprint density at radius 2 is 1.79 bits per heavy atom. The van der Waals surface area contributed by atoms with Gasteiger partial charge in [-0.1, -0.05) is 12.1 Å². The standard InChI is InChI=1S/C11H14O3/c1-7-4-5-8(2)10-9(7)13-6-11(3,12)14-10/h4-5,12H,6H2,1-3H3/t11-/m0/s1. The summed E-state index contributed by atoms with van der Waals surface area (Å²) in [5.41, 5.74) is 2.01. The molecule has 1 aliphatic heterocycles. The summed E-state index contributed by atoms with van der Waals surface area (Å²) in [5.74, 6) is 0.184. The zero-order valence-electron chi connectivity index (χ0n) is 8.63. The third-order valence-corrected chi connectivity index (χ3v) is 2.31. The number of benzene rings is 1. The van der Waals surface area contributed by atoms with Gasteiger partial charge in [0.1, 0.15) is 0 Å². The molecular weight excluding hydrogens is 180 g/mol. The highest BCUT2D eigenvalue weighted by Crippen LogP contribution is 2.39. The molecule has 3 nitrogen and oxygen atoms in total. The summed E-state index contributed by atoms with van der Waals surface area (Å²) in [6, 6.07) is 3.94. The SMILES string of the molecule is Cc1ccc(C)c2c1OC[C@@](C)(O)O2. The first-order valence-electron chi connectivity index (χ1n) is 4.64. The van der Waals surface area contributed by atoms with Crippen LogP contribution in [0, 0.1) is 13.8 Å². The third-order valence-electron chi connectivity index (χ3n) is 2.31. The lowest BCUT2D eigenvalue weighted by Gasteiger charge is -2.32. The topological polar surface area (TPSA) is 38.7 Å². The molecule has 0 radical (unpaired) electrons. The summed E-state index contributed by atoms with van der Waals surface area (Å²) in [5, 5.41) is 9.69. The Bertz CT molecular complexity index is 369. The first-order chi connectivity index (χ1) is 6.49. The molecule has 1 aromatic rings. The lowest BCUT2D eigenvalue weighted by atomic mass is 10.1. The van der Waals surface area contributed by atoms with Crippen LogP contribution in [0.1, 0.15) is 18.1 Å². The van der Waals surface area contributed by atoms with E-state index < -0.39 is 5.79 Å². The van der Waals surface area contributed by atoms with Crippen molar-refractivity contribution in [1.29, 1.82) is 0 Å². The number of hydrogen-bond donors (Lipinski definition) is 1. The van der Waals surface area contributed by atoms with Crippen LogP contribution in [0.2, 0.25) is 0 Å². The van der Waals surface area contributed by atoms with Crippen molar-refractivity contribution in [1.82, 2.24) is 0 Å². The lowest BCUT2D eigenvalue weighted by molar-refractivity contribution is -0.160. The van der Waals surface area contributed by atoms with Gasteiger partial charge in [0.2, 0.25) is 5.79 Å². The molecule has 1 heterocycles. The molecule has 0 saturated carbocycles. The zero-order valence-corrected chi connectivity index (χ0v) is 8.63. The molecule has 0 saturated heterocycles. The van der Waals surface area contributed by atoms with Gasteiger partial charge in [-0.2, -0.15) is 0 Å². The van der Waals surface area contributed by atoms with E-state index in [2.05, 4.69) is 0 Å². The Hall–Kier alpha value is -1.22. The maximum atomic E-state index is 9.69. The average Bonchev–Trinajstić information content (AvgIpc) is 2.10. The number of hydrogen-bond acceptors (Lipinski definition) is 3. The van der Waals surface area contributed by atoms with Crippen LogP contribution in [-0.2, 0) is 0 Å². The molecule has 76 valence electrons. The van der Waals surface area contributed by atoms with Gasteiger partial charge in [0.25, 0.3) is 0 Å². The van der Waals surface area contributed by atoms with E-state index in [0.717, 1.165) is 16.9 Å². The van der Waals surface area contributed by atoms with E-state index in [0.29, 0.717) is 5.75 Å². The molecule has 1 aliphatic rings. The Labute approximate surface area is 83.3 Å². The van der Waals surface area contributed by atoms with Crippen molar-refractivity contribution in [2.45, 2.75) is 26.6 Å². The van der Waals surface area contributed by atoms with Gasteiger partial charge >= 0.3 is 0 Å². The molecule has 0 aliphatic carbocycles. The lowest BCUT2D eigenvalue weighted by Crippen LogP contribution is -2.42. The van der Waals surface area contributed by atoms with Crippen LogP contribution in [0.4, 0.5) is 0 Å². The quantitative estimate of drug-likeness (QED) is 0.684. The van der Waals surface area contributed by atoms with Gasteiger partial charge in [0.15, 0.2) is 18.1 Å². The molecule has 1 aromatic carbocycles. The fraction of sp³-hybridized carbons (Fsp3) is 0.455. The molecule has 2 rings (SSSR count). The highest BCUT2D eigenvalue weighted by Gasteiger charge is 2.31. The van der Waals surface area contributed by atoms with Crippen molar-refractivity contribution in [3.05, 3.63) is 23.3 Å². The van der Waals surface area contributed by atoms with E-state index in [-0.39, 0.29) is 6.61 Å². The summed E-state index contributed by atoms with van der Waals surface area (Å²) in [6.07, 6.45) is 0. The number of fused-ring (bicyclic) bond motifs is 1.